The Bertz CT molecular complexity index is 1100. The standard InChI is InChI=1S/C29H31F3O2/c1-2-34-24-14-13-23(27(30)17-24)12-5-19-3-8-21(9-4-19)25-15-16-26(29(32)28(25)31)22-10-6-20(18-33)7-11-22/h3-4,8-9,13-17,20,22,33H,2,5-7,10-12,18H2,1H3. The number of rotatable bonds is 8. The molecule has 1 saturated carbocycles. The third-order valence-corrected chi connectivity index (χ3v) is 6.94. The SMILES string of the molecule is CCOc1ccc(CCc2ccc(-c3ccc(C4CCC(CO)CC4)c(F)c3F)cc2)c(F)c1. The van der Waals surface area contributed by atoms with Crippen LogP contribution < -0.4 is 4.74 Å². The van der Waals surface area contributed by atoms with Crippen LogP contribution in [0.1, 0.15) is 55.2 Å². The van der Waals surface area contributed by atoms with Gasteiger partial charge in [-0.2, -0.15) is 0 Å². The molecule has 0 aromatic heterocycles. The molecule has 1 aliphatic carbocycles. The Labute approximate surface area is 199 Å². The molecule has 0 radical (unpaired) electrons. The van der Waals surface area contributed by atoms with Crippen molar-refractivity contribution in [2.45, 2.75) is 51.4 Å². The molecule has 1 N–H and O–H groups in total. The van der Waals surface area contributed by atoms with Crippen molar-refractivity contribution in [1.29, 1.82) is 0 Å². The fourth-order valence-electron chi connectivity index (χ4n) is 4.88. The van der Waals surface area contributed by atoms with E-state index >= 15 is 0 Å². The summed E-state index contributed by atoms with van der Waals surface area (Å²) in [6.07, 6.45) is 4.39. The summed E-state index contributed by atoms with van der Waals surface area (Å²) in [5.74, 6) is -1.08. The van der Waals surface area contributed by atoms with Gasteiger partial charge in [-0.1, -0.05) is 42.5 Å². The number of halogens is 3. The average molecular weight is 469 g/mol. The van der Waals surface area contributed by atoms with Crippen LogP contribution in [0.2, 0.25) is 0 Å². The molecule has 34 heavy (non-hydrogen) atoms. The van der Waals surface area contributed by atoms with E-state index in [0.717, 1.165) is 31.2 Å². The highest BCUT2D eigenvalue weighted by Crippen LogP contribution is 2.38. The Morgan fingerprint density at radius 3 is 2.24 bits per heavy atom. The van der Waals surface area contributed by atoms with Crippen LogP contribution in [0.25, 0.3) is 11.1 Å². The van der Waals surface area contributed by atoms with E-state index in [4.69, 9.17) is 4.74 Å². The van der Waals surface area contributed by atoms with Crippen LogP contribution in [-0.2, 0) is 12.8 Å². The monoisotopic (exact) mass is 468 g/mol. The second-order valence-corrected chi connectivity index (χ2v) is 9.11. The van der Waals surface area contributed by atoms with Gasteiger partial charge in [0.15, 0.2) is 11.6 Å². The Balaban J connectivity index is 1.43. The van der Waals surface area contributed by atoms with Crippen molar-refractivity contribution in [2.75, 3.05) is 13.2 Å². The first-order valence-electron chi connectivity index (χ1n) is 12.1. The summed E-state index contributed by atoms with van der Waals surface area (Å²) in [6, 6.07) is 15.6. The molecule has 3 aromatic carbocycles. The number of hydrogen-bond acceptors (Lipinski definition) is 2. The molecule has 0 bridgehead atoms. The number of aliphatic hydroxyl groups excluding tert-OH is 1. The molecule has 2 nitrogen and oxygen atoms in total. The summed E-state index contributed by atoms with van der Waals surface area (Å²) in [4.78, 5) is 0. The lowest BCUT2D eigenvalue weighted by molar-refractivity contribution is 0.181. The molecule has 0 amide bonds. The second-order valence-electron chi connectivity index (χ2n) is 9.11. The van der Waals surface area contributed by atoms with E-state index in [-0.39, 0.29) is 29.8 Å². The van der Waals surface area contributed by atoms with Crippen molar-refractivity contribution >= 4 is 0 Å². The molecule has 0 atom stereocenters. The van der Waals surface area contributed by atoms with Crippen molar-refractivity contribution in [3.63, 3.8) is 0 Å². The molecular weight excluding hydrogens is 437 g/mol. The molecule has 0 aliphatic heterocycles. The minimum atomic E-state index is -0.814. The fraction of sp³-hybridized carbons (Fsp3) is 0.379. The van der Waals surface area contributed by atoms with Crippen molar-refractivity contribution in [3.8, 4) is 16.9 Å². The molecule has 0 heterocycles. The first-order chi connectivity index (χ1) is 16.5. The van der Waals surface area contributed by atoms with Gasteiger partial charge in [-0.25, -0.2) is 13.2 Å². The first kappa shape index (κ1) is 24.3. The molecule has 3 aromatic rings. The number of aryl methyl sites for hydroxylation is 2. The van der Waals surface area contributed by atoms with Crippen LogP contribution >= 0.6 is 0 Å². The number of hydrogen-bond donors (Lipinski definition) is 1. The summed E-state index contributed by atoms with van der Waals surface area (Å²) in [7, 11) is 0. The van der Waals surface area contributed by atoms with Gasteiger partial charge in [-0.05, 0) is 85.6 Å². The van der Waals surface area contributed by atoms with Gasteiger partial charge < -0.3 is 9.84 Å². The lowest BCUT2D eigenvalue weighted by Crippen LogP contribution is -2.17. The van der Waals surface area contributed by atoms with Gasteiger partial charge in [-0.3, -0.25) is 0 Å². The molecular formula is C29H31F3O2. The number of benzene rings is 3. The van der Waals surface area contributed by atoms with Gasteiger partial charge in [0.05, 0.1) is 6.61 Å². The number of ether oxygens (including phenoxy) is 1. The Hall–Kier alpha value is -2.79. The zero-order valence-electron chi connectivity index (χ0n) is 19.5. The van der Waals surface area contributed by atoms with Crippen LogP contribution in [0.4, 0.5) is 13.2 Å². The van der Waals surface area contributed by atoms with E-state index < -0.39 is 11.6 Å². The summed E-state index contributed by atoms with van der Waals surface area (Å²) >= 11 is 0. The normalized spacial score (nSPS) is 18.1. The Morgan fingerprint density at radius 1 is 0.853 bits per heavy atom. The van der Waals surface area contributed by atoms with Crippen molar-refractivity contribution in [3.05, 3.63) is 88.7 Å². The van der Waals surface area contributed by atoms with Crippen molar-refractivity contribution in [1.82, 2.24) is 0 Å². The van der Waals surface area contributed by atoms with Gasteiger partial charge >= 0.3 is 0 Å². The van der Waals surface area contributed by atoms with Gasteiger partial charge in [0.2, 0.25) is 0 Å². The first-order valence-corrected chi connectivity index (χ1v) is 12.1. The van der Waals surface area contributed by atoms with Crippen LogP contribution in [0, 0.1) is 23.4 Å². The highest BCUT2D eigenvalue weighted by molar-refractivity contribution is 5.65. The summed E-state index contributed by atoms with van der Waals surface area (Å²) in [5, 5.41) is 9.30. The minimum Gasteiger partial charge on any atom is -0.494 e. The Kier molecular flexibility index (Phi) is 7.94. The van der Waals surface area contributed by atoms with E-state index in [9.17, 15) is 18.3 Å². The molecule has 0 saturated heterocycles. The predicted molar refractivity (Wildman–Crippen MR) is 129 cm³/mol. The zero-order chi connectivity index (χ0) is 24.1. The summed E-state index contributed by atoms with van der Waals surface area (Å²) in [5.41, 5.74) is 2.91. The second kappa shape index (κ2) is 11.1. The third kappa shape index (κ3) is 5.47. The highest BCUT2D eigenvalue weighted by Gasteiger charge is 2.26. The van der Waals surface area contributed by atoms with Crippen molar-refractivity contribution < 1.29 is 23.0 Å². The quantitative estimate of drug-likeness (QED) is 0.378. The summed E-state index contributed by atoms with van der Waals surface area (Å²) < 4.78 is 49.5. The molecule has 1 fully saturated rings. The van der Waals surface area contributed by atoms with Crippen LogP contribution in [0.15, 0.2) is 54.6 Å². The highest BCUT2D eigenvalue weighted by atomic mass is 19.2. The van der Waals surface area contributed by atoms with Crippen LogP contribution in [0.3, 0.4) is 0 Å². The maximum atomic E-state index is 15.0. The van der Waals surface area contributed by atoms with E-state index in [1.807, 2.05) is 19.1 Å². The van der Waals surface area contributed by atoms with Gasteiger partial charge in [-0.15, -0.1) is 0 Å². The fourth-order valence-corrected chi connectivity index (χ4v) is 4.88. The maximum Gasteiger partial charge on any atom is 0.166 e. The van der Waals surface area contributed by atoms with Crippen molar-refractivity contribution in [2.24, 2.45) is 5.92 Å². The van der Waals surface area contributed by atoms with E-state index in [2.05, 4.69) is 0 Å². The largest absolute Gasteiger partial charge is 0.494 e. The molecule has 180 valence electrons. The third-order valence-electron chi connectivity index (χ3n) is 6.94. The van der Waals surface area contributed by atoms with Crippen LogP contribution in [-0.4, -0.2) is 18.3 Å². The minimum absolute atomic E-state index is 0.00303. The Morgan fingerprint density at radius 2 is 1.59 bits per heavy atom. The van der Waals surface area contributed by atoms with E-state index in [0.29, 0.717) is 41.9 Å². The lowest BCUT2D eigenvalue weighted by atomic mass is 9.78. The smallest absolute Gasteiger partial charge is 0.166 e. The van der Waals surface area contributed by atoms with Gasteiger partial charge in [0.1, 0.15) is 11.6 Å². The molecule has 0 spiro atoms. The maximum absolute atomic E-state index is 15.0. The molecule has 5 heteroatoms. The lowest BCUT2D eigenvalue weighted by Gasteiger charge is -2.28. The topological polar surface area (TPSA) is 29.5 Å². The van der Waals surface area contributed by atoms with Gasteiger partial charge in [0, 0.05) is 18.2 Å². The summed E-state index contributed by atoms with van der Waals surface area (Å²) in [6.45, 7) is 2.51. The molecule has 0 unspecified atom stereocenters. The van der Waals surface area contributed by atoms with E-state index in [1.54, 1.807) is 36.4 Å². The van der Waals surface area contributed by atoms with E-state index in [1.165, 1.54) is 6.07 Å². The molecule has 4 rings (SSSR count). The predicted octanol–water partition coefficient (Wildman–Crippen LogP) is 7.22. The average Bonchev–Trinajstić information content (AvgIpc) is 2.86. The van der Waals surface area contributed by atoms with Gasteiger partial charge in [0.25, 0.3) is 0 Å². The number of aliphatic hydroxyl groups is 1. The molecule has 1 aliphatic rings. The zero-order valence-corrected chi connectivity index (χ0v) is 19.5. The van der Waals surface area contributed by atoms with Crippen LogP contribution in [0.5, 0.6) is 5.75 Å².